The fourth-order valence-electron chi connectivity index (χ4n) is 1.32. The van der Waals surface area contributed by atoms with Crippen molar-refractivity contribution in [2.24, 2.45) is 0 Å². The van der Waals surface area contributed by atoms with E-state index < -0.39 is 0 Å². The van der Waals surface area contributed by atoms with Gasteiger partial charge >= 0.3 is 0 Å². The van der Waals surface area contributed by atoms with Gasteiger partial charge in [0.15, 0.2) is 0 Å². The molecule has 2 aromatic rings. The number of fused-ring (bicyclic) bond motifs is 1. The van der Waals surface area contributed by atoms with Crippen molar-refractivity contribution in [1.82, 2.24) is 9.78 Å². The lowest BCUT2D eigenvalue weighted by molar-refractivity contribution is 0.639. The van der Waals surface area contributed by atoms with E-state index in [-0.39, 0.29) is 5.82 Å². The lowest BCUT2D eigenvalue weighted by Crippen LogP contribution is -1.94. The van der Waals surface area contributed by atoms with Crippen LogP contribution in [-0.2, 0) is 6.54 Å². The average Bonchev–Trinajstić information content (AvgIpc) is 2.49. The fourth-order valence-corrected chi connectivity index (χ4v) is 1.32. The van der Waals surface area contributed by atoms with Gasteiger partial charge in [-0.2, -0.15) is 5.10 Å². The van der Waals surface area contributed by atoms with E-state index in [1.54, 1.807) is 16.9 Å². The highest BCUT2D eigenvalue weighted by Gasteiger charge is 2.03. The van der Waals surface area contributed by atoms with Crippen molar-refractivity contribution in [2.75, 3.05) is 0 Å². The Kier molecular flexibility index (Phi) is 1.57. The fraction of sp³-hybridized carbons (Fsp3) is 0.222. The number of hydrogen-bond donors (Lipinski definition) is 0. The Morgan fingerprint density at radius 2 is 2.33 bits per heavy atom. The molecule has 1 aromatic carbocycles. The minimum Gasteiger partial charge on any atom is -0.265 e. The second-order valence-electron chi connectivity index (χ2n) is 2.63. The third-order valence-corrected chi connectivity index (χ3v) is 1.93. The molecule has 0 aliphatic heterocycles. The summed E-state index contributed by atoms with van der Waals surface area (Å²) >= 11 is 0. The van der Waals surface area contributed by atoms with Crippen LogP contribution < -0.4 is 0 Å². The Balaban J connectivity index is 2.80. The Morgan fingerprint density at radius 1 is 1.50 bits per heavy atom. The first-order valence-corrected chi connectivity index (χ1v) is 3.93. The molecule has 62 valence electrons. The van der Waals surface area contributed by atoms with Gasteiger partial charge in [-0.1, -0.05) is 6.07 Å². The normalized spacial score (nSPS) is 10.8. The molecule has 0 spiro atoms. The third-order valence-electron chi connectivity index (χ3n) is 1.93. The molecule has 0 aliphatic rings. The molecule has 0 saturated carbocycles. The van der Waals surface area contributed by atoms with Gasteiger partial charge in [0.05, 0.1) is 17.1 Å². The molecule has 0 radical (unpaired) electrons. The van der Waals surface area contributed by atoms with Gasteiger partial charge in [-0.05, 0) is 19.1 Å². The topological polar surface area (TPSA) is 17.8 Å². The number of halogens is 1. The highest BCUT2D eigenvalue weighted by molar-refractivity contribution is 5.79. The third kappa shape index (κ3) is 0.897. The zero-order chi connectivity index (χ0) is 8.55. The standard InChI is InChI=1S/C9H9FN2/c1-2-12-9-5-3-4-8(10)7(9)6-11-12/h3-6H,2H2,1H3. The summed E-state index contributed by atoms with van der Waals surface area (Å²) in [4.78, 5) is 0. The molecule has 2 nitrogen and oxygen atoms in total. The molecule has 0 fully saturated rings. The molecule has 1 aromatic heterocycles. The number of nitrogens with zero attached hydrogens (tertiary/aromatic N) is 2. The van der Waals surface area contributed by atoms with E-state index in [0.717, 1.165) is 12.1 Å². The van der Waals surface area contributed by atoms with Crippen molar-refractivity contribution in [3.05, 3.63) is 30.2 Å². The lowest BCUT2D eigenvalue weighted by Gasteiger charge is -1.96. The second-order valence-corrected chi connectivity index (χ2v) is 2.63. The van der Waals surface area contributed by atoms with Crippen LogP contribution in [0, 0.1) is 5.82 Å². The molecule has 12 heavy (non-hydrogen) atoms. The minimum absolute atomic E-state index is 0.202. The van der Waals surface area contributed by atoms with E-state index in [4.69, 9.17) is 0 Å². The monoisotopic (exact) mass is 164 g/mol. The molecule has 0 N–H and O–H groups in total. The first kappa shape index (κ1) is 7.28. The zero-order valence-corrected chi connectivity index (χ0v) is 6.79. The van der Waals surface area contributed by atoms with Crippen LogP contribution in [0.2, 0.25) is 0 Å². The summed E-state index contributed by atoms with van der Waals surface area (Å²) in [7, 11) is 0. The van der Waals surface area contributed by atoms with Gasteiger partial charge in [-0.25, -0.2) is 4.39 Å². The predicted octanol–water partition coefficient (Wildman–Crippen LogP) is 2.20. The molecule has 0 atom stereocenters. The molecule has 1 heterocycles. The lowest BCUT2D eigenvalue weighted by atomic mass is 10.2. The van der Waals surface area contributed by atoms with Crippen molar-refractivity contribution >= 4 is 10.9 Å². The van der Waals surface area contributed by atoms with E-state index >= 15 is 0 Å². The van der Waals surface area contributed by atoms with E-state index in [0.29, 0.717) is 5.39 Å². The maximum Gasteiger partial charge on any atom is 0.134 e. The van der Waals surface area contributed by atoms with Gasteiger partial charge in [-0.3, -0.25) is 4.68 Å². The molecular weight excluding hydrogens is 155 g/mol. The maximum atomic E-state index is 13.1. The maximum absolute atomic E-state index is 13.1. The summed E-state index contributed by atoms with van der Waals surface area (Å²) in [5, 5.41) is 4.65. The highest BCUT2D eigenvalue weighted by Crippen LogP contribution is 2.16. The summed E-state index contributed by atoms with van der Waals surface area (Å²) in [6.07, 6.45) is 1.56. The summed E-state index contributed by atoms with van der Waals surface area (Å²) in [6.45, 7) is 2.75. The SMILES string of the molecule is CCn1ncc2c(F)cccc21. The first-order chi connectivity index (χ1) is 5.83. The van der Waals surface area contributed by atoms with Crippen LogP contribution in [0.15, 0.2) is 24.4 Å². The van der Waals surface area contributed by atoms with Crippen molar-refractivity contribution in [3.8, 4) is 0 Å². The van der Waals surface area contributed by atoms with Crippen molar-refractivity contribution in [3.63, 3.8) is 0 Å². The largest absolute Gasteiger partial charge is 0.265 e. The van der Waals surface area contributed by atoms with Gasteiger partial charge in [0, 0.05) is 6.54 Å². The van der Waals surface area contributed by atoms with E-state index in [1.165, 1.54) is 6.07 Å². The Morgan fingerprint density at radius 3 is 3.08 bits per heavy atom. The van der Waals surface area contributed by atoms with Crippen LogP contribution >= 0.6 is 0 Å². The summed E-state index contributed by atoms with van der Waals surface area (Å²) in [5.41, 5.74) is 0.859. The second kappa shape index (κ2) is 2.59. The smallest absolute Gasteiger partial charge is 0.134 e. The number of benzene rings is 1. The molecular formula is C9H9FN2. The predicted molar refractivity (Wildman–Crippen MR) is 45.4 cm³/mol. The average molecular weight is 164 g/mol. The van der Waals surface area contributed by atoms with Gasteiger partial charge in [-0.15, -0.1) is 0 Å². The summed E-state index contributed by atoms with van der Waals surface area (Å²) in [5.74, 6) is -0.202. The molecule has 0 amide bonds. The minimum atomic E-state index is -0.202. The van der Waals surface area contributed by atoms with Crippen LogP contribution in [0.5, 0.6) is 0 Å². The van der Waals surface area contributed by atoms with Crippen LogP contribution in [0.25, 0.3) is 10.9 Å². The summed E-state index contributed by atoms with van der Waals surface area (Å²) < 4.78 is 14.9. The molecule has 0 unspecified atom stereocenters. The molecule has 0 bridgehead atoms. The van der Waals surface area contributed by atoms with Crippen molar-refractivity contribution in [2.45, 2.75) is 13.5 Å². The van der Waals surface area contributed by atoms with Crippen molar-refractivity contribution < 1.29 is 4.39 Å². The van der Waals surface area contributed by atoms with Crippen LogP contribution in [0.1, 0.15) is 6.92 Å². The number of hydrogen-bond acceptors (Lipinski definition) is 1. The van der Waals surface area contributed by atoms with Crippen molar-refractivity contribution in [1.29, 1.82) is 0 Å². The first-order valence-electron chi connectivity index (χ1n) is 3.93. The van der Waals surface area contributed by atoms with Crippen LogP contribution in [-0.4, -0.2) is 9.78 Å². The highest BCUT2D eigenvalue weighted by atomic mass is 19.1. The van der Waals surface area contributed by atoms with Gasteiger partial charge in [0.25, 0.3) is 0 Å². The quantitative estimate of drug-likeness (QED) is 0.631. The molecule has 2 rings (SSSR count). The van der Waals surface area contributed by atoms with Gasteiger partial charge in [0.1, 0.15) is 5.82 Å². The van der Waals surface area contributed by atoms with Crippen LogP contribution in [0.4, 0.5) is 4.39 Å². The Labute approximate surface area is 69.6 Å². The Bertz CT molecular complexity index is 406. The number of aryl methyl sites for hydroxylation is 1. The number of rotatable bonds is 1. The van der Waals surface area contributed by atoms with Gasteiger partial charge in [0.2, 0.25) is 0 Å². The molecule has 3 heteroatoms. The van der Waals surface area contributed by atoms with E-state index in [9.17, 15) is 4.39 Å². The number of aromatic nitrogens is 2. The van der Waals surface area contributed by atoms with Crippen LogP contribution in [0.3, 0.4) is 0 Å². The molecule has 0 saturated heterocycles. The molecule has 0 aliphatic carbocycles. The van der Waals surface area contributed by atoms with E-state index in [2.05, 4.69) is 5.10 Å². The van der Waals surface area contributed by atoms with Gasteiger partial charge < -0.3 is 0 Å². The summed E-state index contributed by atoms with van der Waals surface area (Å²) in [6, 6.07) is 5.02. The Hall–Kier alpha value is -1.38. The zero-order valence-electron chi connectivity index (χ0n) is 6.79. The van der Waals surface area contributed by atoms with E-state index in [1.807, 2.05) is 13.0 Å².